The van der Waals surface area contributed by atoms with Gasteiger partial charge in [0.2, 0.25) is 0 Å². The van der Waals surface area contributed by atoms with Gasteiger partial charge in [-0.3, -0.25) is 4.79 Å². The Morgan fingerprint density at radius 1 is 1.45 bits per heavy atom. The Morgan fingerprint density at radius 3 is 2.90 bits per heavy atom. The Kier molecular flexibility index (Phi) is 5.46. The van der Waals surface area contributed by atoms with Crippen molar-refractivity contribution in [2.75, 3.05) is 26.3 Å². The van der Waals surface area contributed by atoms with Crippen LogP contribution in [-0.4, -0.2) is 37.1 Å². The van der Waals surface area contributed by atoms with Crippen LogP contribution in [0.3, 0.4) is 0 Å². The lowest BCUT2D eigenvalue weighted by atomic mass is 9.98. The number of hydrogen-bond donors (Lipinski definition) is 0. The standard InChI is InChI=1S/C16H18ClNO2/c1-2-10-20-12-13-4-3-9-18(11-13)16(19)14-5-7-15(17)8-6-14/h1,5-8,13H,3-4,9-12H2. The third-order valence-corrected chi connectivity index (χ3v) is 3.69. The molecule has 0 bridgehead atoms. The molecule has 1 amide bonds. The zero-order valence-electron chi connectivity index (χ0n) is 11.3. The molecule has 3 nitrogen and oxygen atoms in total. The fourth-order valence-corrected chi connectivity index (χ4v) is 2.57. The van der Waals surface area contributed by atoms with Crippen LogP contribution in [0.4, 0.5) is 0 Å². The van der Waals surface area contributed by atoms with Gasteiger partial charge in [-0.05, 0) is 37.1 Å². The Hall–Kier alpha value is -1.50. The molecular weight excluding hydrogens is 274 g/mol. The van der Waals surface area contributed by atoms with Gasteiger partial charge in [0.25, 0.3) is 5.91 Å². The molecule has 4 heteroatoms. The minimum Gasteiger partial charge on any atom is -0.368 e. The number of ether oxygens (including phenoxy) is 1. The highest BCUT2D eigenvalue weighted by Gasteiger charge is 2.24. The molecule has 1 aliphatic rings. The summed E-state index contributed by atoms with van der Waals surface area (Å²) in [4.78, 5) is 14.3. The van der Waals surface area contributed by atoms with E-state index < -0.39 is 0 Å². The van der Waals surface area contributed by atoms with Gasteiger partial charge in [0.05, 0.1) is 6.61 Å². The van der Waals surface area contributed by atoms with Crippen molar-refractivity contribution in [1.29, 1.82) is 0 Å². The number of carbonyl (C=O) groups excluding carboxylic acids is 1. The maximum absolute atomic E-state index is 12.4. The molecule has 1 aliphatic heterocycles. The molecule has 1 saturated heterocycles. The van der Waals surface area contributed by atoms with Crippen molar-refractivity contribution in [3.63, 3.8) is 0 Å². The average Bonchev–Trinajstić information content (AvgIpc) is 2.48. The van der Waals surface area contributed by atoms with Crippen LogP contribution < -0.4 is 0 Å². The fourth-order valence-electron chi connectivity index (χ4n) is 2.45. The number of terminal acetylenes is 1. The number of rotatable bonds is 4. The summed E-state index contributed by atoms with van der Waals surface area (Å²) in [6.45, 7) is 2.48. The molecule has 0 N–H and O–H groups in total. The average molecular weight is 292 g/mol. The molecule has 1 atom stereocenters. The van der Waals surface area contributed by atoms with Crippen molar-refractivity contribution < 1.29 is 9.53 Å². The van der Waals surface area contributed by atoms with E-state index in [2.05, 4.69) is 5.92 Å². The third kappa shape index (κ3) is 4.00. The largest absolute Gasteiger partial charge is 0.368 e. The summed E-state index contributed by atoms with van der Waals surface area (Å²) in [7, 11) is 0. The van der Waals surface area contributed by atoms with Gasteiger partial charge in [-0.2, -0.15) is 0 Å². The van der Waals surface area contributed by atoms with E-state index in [1.165, 1.54) is 0 Å². The Bertz CT molecular complexity index is 492. The Morgan fingerprint density at radius 2 is 2.20 bits per heavy atom. The second-order valence-corrected chi connectivity index (χ2v) is 5.42. The highest BCUT2D eigenvalue weighted by Crippen LogP contribution is 2.19. The number of nitrogens with zero attached hydrogens (tertiary/aromatic N) is 1. The second-order valence-electron chi connectivity index (χ2n) is 4.99. The smallest absolute Gasteiger partial charge is 0.253 e. The molecule has 1 fully saturated rings. The van der Waals surface area contributed by atoms with E-state index in [9.17, 15) is 4.79 Å². The molecule has 1 heterocycles. The summed E-state index contributed by atoms with van der Waals surface area (Å²) in [6, 6.07) is 7.02. The monoisotopic (exact) mass is 291 g/mol. The van der Waals surface area contributed by atoms with E-state index in [0.717, 1.165) is 25.9 Å². The molecule has 0 aromatic heterocycles. The number of halogens is 1. The van der Waals surface area contributed by atoms with Crippen LogP contribution >= 0.6 is 11.6 Å². The van der Waals surface area contributed by atoms with Crippen LogP contribution in [0, 0.1) is 18.3 Å². The van der Waals surface area contributed by atoms with Crippen LogP contribution in [0.15, 0.2) is 24.3 Å². The second kappa shape index (κ2) is 7.33. The van der Waals surface area contributed by atoms with Crippen LogP contribution in [0.25, 0.3) is 0 Å². The third-order valence-electron chi connectivity index (χ3n) is 3.44. The fraction of sp³-hybridized carbons (Fsp3) is 0.438. The number of piperidine rings is 1. The first-order valence-electron chi connectivity index (χ1n) is 6.76. The molecule has 2 rings (SSSR count). The molecule has 20 heavy (non-hydrogen) atoms. The van der Waals surface area contributed by atoms with Crippen molar-refractivity contribution in [1.82, 2.24) is 4.90 Å². The zero-order chi connectivity index (χ0) is 14.4. The van der Waals surface area contributed by atoms with Gasteiger partial charge in [-0.15, -0.1) is 6.42 Å². The van der Waals surface area contributed by atoms with Gasteiger partial charge in [0.15, 0.2) is 0 Å². The lowest BCUT2D eigenvalue weighted by Gasteiger charge is -2.32. The summed E-state index contributed by atoms with van der Waals surface area (Å²) in [5, 5.41) is 0.640. The number of benzene rings is 1. The summed E-state index contributed by atoms with van der Waals surface area (Å²) < 4.78 is 5.38. The van der Waals surface area contributed by atoms with Gasteiger partial charge in [0.1, 0.15) is 6.61 Å². The summed E-state index contributed by atoms with van der Waals surface area (Å²) in [5.41, 5.74) is 0.680. The van der Waals surface area contributed by atoms with Crippen LogP contribution in [0.1, 0.15) is 23.2 Å². The quantitative estimate of drug-likeness (QED) is 0.631. The van der Waals surface area contributed by atoms with Crippen molar-refractivity contribution in [3.8, 4) is 12.3 Å². The van der Waals surface area contributed by atoms with Gasteiger partial charge in [-0.25, -0.2) is 0 Å². The summed E-state index contributed by atoms with van der Waals surface area (Å²) >= 11 is 5.84. The first-order valence-corrected chi connectivity index (χ1v) is 7.14. The van der Waals surface area contributed by atoms with Crippen LogP contribution in [0.5, 0.6) is 0 Å². The predicted molar refractivity (Wildman–Crippen MR) is 79.7 cm³/mol. The Balaban J connectivity index is 1.93. The number of hydrogen-bond acceptors (Lipinski definition) is 2. The normalized spacial score (nSPS) is 18.6. The summed E-state index contributed by atoms with van der Waals surface area (Å²) in [5.74, 6) is 2.88. The molecular formula is C16H18ClNO2. The Labute approximate surface area is 124 Å². The van der Waals surface area contributed by atoms with Crippen molar-refractivity contribution >= 4 is 17.5 Å². The first-order chi connectivity index (χ1) is 9.70. The van der Waals surface area contributed by atoms with Gasteiger partial charge in [-0.1, -0.05) is 17.5 Å². The van der Waals surface area contributed by atoms with Crippen molar-refractivity contribution in [3.05, 3.63) is 34.9 Å². The topological polar surface area (TPSA) is 29.5 Å². The highest BCUT2D eigenvalue weighted by atomic mass is 35.5. The van der Waals surface area contributed by atoms with Crippen LogP contribution in [-0.2, 0) is 4.74 Å². The molecule has 0 spiro atoms. The number of carbonyl (C=O) groups is 1. The van der Waals surface area contributed by atoms with E-state index in [1.807, 2.05) is 4.90 Å². The van der Waals surface area contributed by atoms with Gasteiger partial charge in [0, 0.05) is 29.6 Å². The maximum atomic E-state index is 12.4. The lowest BCUT2D eigenvalue weighted by molar-refractivity contribution is 0.0534. The van der Waals surface area contributed by atoms with E-state index in [-0.39, 0.29) is 5.91 Å². The van der Waals surface area contributed by atoms with E-state index in [4.69, 9.17) is 22.8 Å². The molecule has 1 aromatic rings. The SMILES string of the molecule is C#CCOCC1CCCN(C(=O)c2ccc(Cl)cc2)C1. The number of amides is 1. The number of likely N-dealkylation sites (tertiary alicyclic amines) is 1. The van der Waals surface area contributed by atoms with E-state index >= 15 is 0 Å². The minimum absolute atomic E-state index is 0.0586. The maximum Gasteiger partial charge on any atom is 0.253 e. The van der Waals surface area contributed by atoms with E-state index in [1.54, 1.807) is 24.3 Å². The minimum atomic E-state index is 0.0586. The van der Waals surface area contributed by atoms with E-state index in [0.29, 0.717) is 29.7 Å². The van der Waals surface area contributed by atoms with Crippen LogP contribution in [0.2, 0.25) is 5.02 Å². The van der Waals surface area contributed by atoms with Crippen molar-refractivity contribution in [2.45, 2.75) is 12.8 Å². The van der Waals surface area contributed by atoms with Gasteiger partial charge >= 0.3 is 0 Å². The zero-order valence-corrected chi connectivity index (χ0v) is 12.1. The van der Waals surface area contributed by atoms with Crippen molar-refractivity contribution in [2.24, 2.45) is 5.92 Å². The molecule has 0 radical (unpaired) electrons. The molecule has 106 valence electrons. The molecule has 0 aliphatic carbocycles. The molecule has 0 saturated carbocycles. The molecule has 1 unspecified atom stereocenters. The predicted octanol–water partition coefficient (Wildman–Crippen LogP) is 2.84. The molecule has 1 aromatic carbocycles. The highest BCUT2D eigenvalue weighted by molar-refractivity contribution is 6.30. The lowest BCUT2D eigenvalue weighted by Crippen LogP contribution is -2.41. The first kappa shape index (κ1) is 14.9. The van der Waals surface area contributed by atoms with Gasteiger partial charge < -0.3 is 9.64 Å². The summed E-state index contributed by atoms with van der Waals surface area (Å²) in [6.07, 6.45) is 7.24.